The summed E-state index contributed by atoms with van der Waals surface area (Å²) in [6.07, 6.45) is 4.34. The molecule has 2 aliphatic heterocycles. The zero-order valence-corrected chi connectivity index (χ0v) is 21.2. The van der Waals surface area contributed by atoms with E-state index in [9.17, 15) is 4.79 Å². The molecule has 1 N–H and O–H groups in total. The number of Topliss-reactive ketones (excluding diaryl/α,β-unsaturated/α-hetero) is 1. The van der Waals surface area contributed by atoms with E-state index in [1.807, 2.05) is 18.2 Å². The number of rotatable bonds is 7. The number of aromatic nitrogens is 1. The Labute approximate surface area is 214 Å². The van der Waals surface area contributed by atoms with Crippen LogP contribution in [-0.4, -0.2) is 61.1 Å². The number of ether oxygens (including phenoxy) is 1. The summed E-state index contributed by atoms with van der Waals surface area (Å²) in [6, 6.07) is 11.6. The Hall–Kier alpha value is -2.68. The van der Waals surface area contributed by atoms with E-state index in [0.717, 1.165) is 61.5 Å². The van der Waals surface area contributed by atoms with Crippen LogP contribution in [0.15, 0.2) is 40.9 Å². The predicted molar refractivity (Wildman–Crippen MR) is 139 cm³/mol. The zero-order chi connectivity index (χ0) is 24.2. The molecule has 2 aromatic heterocycles. The van der Waals surface area contributed by atoms with Crippen molar-refractivity contribution in [2.24, 2.45) is 0 Å². The van der Waals surface area contributed by atoms with Crippen molar-refractivity contribution in [3.05, 3.63) is 56.9 Å². The van der Waals surface area contributed by atoms with Crippen molar-refractivity contribution in [2.75, 3.05) is 44.3 Å². The lowest BCUT2D eigenvalue weighted by Gasteiger charge is -2.32. The molecule has 0 saturated carbocycles. The maximum Gasteiger partial charge on any atom is 0.173 e. The molecule has 0 amide bonds. The second-order valence-electron chi connectivity index (χ2n) is 8.93. The van der Waals surface area contributed by atoms with Gasteiger partial charge in [-0.3, -0.25) is 10.2 Å². The fourth-order valence-corrected chi connectivity index (χ4v) is 5.65. The monoisotopic (exact) mass is 512 g/mol. The number of halogens is 1. The number of nitrogens with zero attached hydrogens (tertiary/aromatic N) is 3. The third-order valence-electron chi connectivity index (χ3n) is 6.58. The topological polar surface area (TPSA) is 82.7 Å². The summed E-state index contributed by atoms with van der Waals surface area (Å²) in [7, 11) is 0. The van der Waals surface area contributed by atoms with Gasteiger partial charge in [-0.25, -0.2) is 0 Å². The summed E-state index contributed by atoms with van der Waals surface area (Å²) in [6.45, 7) is 4.80. The number of benzene rings is 1. The van der Waals surface area contributed by atoms with Crippen LogP contribution >= 0.6 is 22.9 Å². The first-order valence-corrected chi connectivity index (χ1v) is 13.3. The number of hydrogen-bond donors (Lipinski definition) is 1. The van der Waals surface area contributed by atoms with Crippen LogP contribution in [-0.2, 0) is 11.2 Å². The molecule has 0 bridgehead atoms. The molecule has 184 valence electrons. The van der Waals surface area contributed by atoms with E-state index in [0.29, 0.717) is 46.9 Å². The van der Waals surface area contributed by atoms with Crippen molar-refractivity contribution in [1.29, 1.82) is 5.41 Å². The van der Waals surface area contributed by atoms with Gasteiger partial charge in [0.15, 0.2) is 5.78 Å². The van der Waals surface area contributed by atoms with E-state index in [1.165, 1.54) is 17.8 Å². The lowest BCUT2D eigenvalue weighted by Crippen LogP contribution is -2.37. The number of amidine groups is 1. The zero-order valence-electron chi connectivity index (χ0n) is 19.6. The summed E-state index contributed by atoms with van der Waals surface area (Å²) >= 11 is 7.25. The molecule has 2 saturated heterocycles. The maximum atomic E-state index is 12.4. The lowest BCUT2D eigenvalue weighted by atomic mass is 10.0. The molecule has 0 aliphatic carbocycles. The number of likely N-dealkylation sites (tertiary alicyclic amines) is 1. The highest BCUT2D eigenvalue weighted by Crippen LogP contribution is 2.33. The van der Waals surface area contributed by atoms with Crippen LogP contribution in [0.3, 0.4) is 0 Å². The standard InChI is InChI=1S/C26H29ClN4O3S/c27-25-9-8-24(35-25)23(32)7-5-19-17-21(29-34-19)20-6-4-18(26(28)31-10-2-1-3-11-31)16-22(20)30-12-14-33-15-13-30/h4,6,8-9,16-17,28H,1-3,5,7,10-15H2. The van der Waals surface area contributed by atoms with E-state index >= 15 is 0 Å². The van der Waals surface area contributed by atoms with Gasteiger partial charge in [-0.15, -0.1) is 11.3 Å². The van der Waals surface area contributed by atoms with Crippen molar-refractivity contribution < 1.29 is 14.1 Å². The Kier molecular flexibility index (Phi) is 7.51. The summed E-state index contributed by atoms with van der Waals surface area (Å²) in [5.41, 5.74) is 3.66. The number of piperidine rings is 1. The number of thiophene rings is 1. The minimum absolute atomic E-state index is 0.0504. The molecule has 3 aromatic rings. The van der Waals surface area contributed by atoms with Gasteiger partial charge >= 0.3 is 0 Å². The number of hydrogen-bond acceptors (Lipinski definition) is 7. The number of ketones is 1. The second kappa shape index (κ2) is 10.9. The fourth-order valence-electron chi connectivity index (χ4n) is 4.64. The third-order valence-corrected chi connectivity index (χ3v) is 7.85. The van der Waals surface area contributed by atoms with E-state index < -0.39 is 0 Å². The van der Waals surface area contributed by atoms with Gasteiger partial charge in [0.05, 0.1) is 22.4 Å². The van der Waals surface area contributed by atoms with Gasteiger partial charge in [-0.1, -0.05) is 22.8 Å². The largest absolute Gasteiger partial charge is 0.378 e. The van der Waals surface area contributed by atoms with Gasteiger partial charge in [-0.05, 0) is 43.5 Å². The molecule has 5 rings (SSSR count). The SMILES string of the molecule is N=C(c1ccc(-c2cc(CCC(=O)c3ccc(Cl)s3)on2)c(N2CCOCC2)c1)N1CCCCC1. The number of carbonyl (C=O) groups excluding carboxylic acids is 1. The van der Waals surface area contributed by atoms with Crippen LogP contribution in [0.5, 0.6) is 0 Å². The van der Waals surface area contributed by atoms with Crippen LogP contribution in [0.4, 0.5) is 5.69 Å². The first kappa shape index (κ1) is 24.0. The fraction of sp³-hybridized carbons (Fsp3) is 0.423. The summed E-state index contributed by atoms with van der Waals surface area (Å²) < 4.78 is 11.8. The third kappa shape index (κ3) is 5.60. The van der Waals surface area contributed by atoms with Gasteiger partial charge in [0, 0.05) is 61.9 Å². The first-order chi connectivity index (χ1) is 17.1. The lowest BCUT2D eigenvalue weighted by molar-refractivity contribution is 0.0984. The Morgan fingerprint density at radius 3 is 2.60 bits per heavy atom. The average Bonchev–Trinajstić information content (AvgIpc) is 3.57. The number of morpholine rings is 1. The Balaban J connectivity index is 1.36. The predicted octanol–water partition coefficient (Wildman–Crippen LogP) is 5.52. The number of aryl methyl sites for hydroxylation is 1. The molecule has 2 fully saturated rings. The normalized spacial score (nSPS) is 16.5. The van der Waals surface area contributed by atoms with E-state index in [1.54, 1.807) is 12.1 Å². The van der Waals surface area contributed by atoms with Crippen LogP contribution in [0, 0.1) is 5.41 Å². The first-order valence-electron chi connectivity index (χ1n) is 12.1. The molecular weight excluding hydrogens is 484 g/mol. The van der Waals surface area contributed by atoms with Gasteiger partial charge in [-0.2, -0.15) is 0 Å². The maximum absolute atomic E-state index is 12.4. The van der Waals surface area contributed by atoms with Crippen molar-refractivity contribution in [1.82, 2.24) is 10.1 Å². The molecule has 0 unspecified atom stereocenters. The number of anilines is 1. The minimum Gasteiger partial charge on any atom is -0.378 e. The molecule has 0 spiro atoms. The molecule has 7 nitrogen and oxygen atoms in total. The Morgan fingerprint density at radius 2 is 1.86 bits per heavy atom. The van der Waals surface area contributed by atoms with Crippen molar-refractivity contribution >= 4 is 40.2 Å². The molecular formula is C26H29ClN4O3S. The van der Waals surface area contributed by atoms with Gasteiger partial charge in [0.1, 0.15) is 17.3 Å². The number of carbonyl (C=O) groups is 1. The van der Waals surface area contributed by atoms with Crippen LogP contribution in [0.1, 0.15) is 46.7 Å². The Morgan fingerprint density at radius 1 is 1.06 bits per heavy atom. The molecule has 35 heavy (non-hydrogen) atoms. The highest BCUT2D eigenvalue weighted by Gasteiger charge is 2.22. The number of nitrogens with one attached hydrogen (secondary N) is 1. The second-order valence-corrected chi connectivity index (χ2v) is 10.6. The van der Waals surface area contributed by atoms with Gasteiger partial charge in [0.2, 0.25) is 0 Å². The average molecular weight is 513 g/mol. The van der Waals surface area contributed by atoms with E-state index in [2.05, 4.69) is 21.0 Å². The van der Waals surface area contributed by atoms with Crippen molar-refractivity contribution in [3.63, 3.8) is 0 Å². The molecule has 4 heterocycles. The molecule has 9 heteroatoms. The molecule has 2 aliphatic rings. The van der Waals surface area contributed by atoms with Gasteiger partial charge in [0.25, 0.3) is 0 Å². The quantitative estimate of drug-likeness (QED) is 0.255. The van der Waals surface area contributed by atoms with Crippen LogP contribution < -0.4 is 4.90 Å². The summed E-state index contributed by atoms with van der Waals surface area (Å²) in [5, 5.41) is 13.1. The van der Waals surface area contributed by atoms with E-state index in [4.69, 9.17) is 26.3 Å². The highest BCUT2D eigenvalue weighted by molar-refractivity contribution is 7.18. The summed E-state index contributed by atoms with van der Waals surface area (Å²) in [4.78, 5) is 17.6. The van der Waals surface area contributed by atoms with Gasteiger partial charge < -0.3 is 19.1 Å². The molecule has 1 aromatic carbocycles. The molecule has 0 radical (unpaired) electrons. The minimum atomic E-state index is 0.0504. The van der Waals surface area contributed by atoms with Crippen molar-refractivity contribution in [2.45, 2.75) is 32.1 Å². The van der Waals surface area contributed by atoms with E-state index in [-0.39, 0.29) is 5.78 Å². The van der Waals surface area contributed by atoms with Crippen molar-refractivity contribution in [3.8, 4) is 11.3 Å². The van der Waals surface area contributed by atoms with Crippen LogP contribution in [0.25, 0.3) is 11.3 Å². The smallest absolute Gasteiger partial charge is 0.173 e. The Bertz CT molecular complexity index is 1190. The summed E-state index contributed by atoms with van der Waals surface area (Å²) in [5.74, 6) is 1.31. The molecule has 0 atom stereocenters. The van der Waals surface area contributed by atoms with Crippen LogP contribution in [0.2, 0.25) is 4.34 Å². The highest BCUT2D eigenvalue weighted by atomic mass is 35.5.